The molecule has 0 spiro atoms. The van der Waals surface area contributed by atoms with E-state index in [1.54, 1.807) is 11.3 Å². The van der Waals surface area contributed by atoms with E-state index in [1.807, 2.05) is 28.8 Å². The summed E-state index contributed by atoms with van der Waals surface area (Å²) in [6, 6.07) is 10.6. The maximum Gasteiger partial charge on any atom is 0.160 e. The van der Waals surface area contributed by atoms with Crippen molar-refractivity contribution in [2.45, 2.75) is 25.9 Å². The standard InChI is InChI=1S/C14H16N4S/c1-10(12-6-5-9-19-12)15-11(2)14-17-16-13-7-3-4-8-18(13)14/h3-11,15H,1-2H3. The van der Waals surface area contributed by atoms with E-state index < -0.39 is 0 Å². The van der Waals surface area contributed by atoms with E-state index in [0.29, 0.717) is 6.04 Å². The molecule has 3 aromatic rings. The van der Waals surface area contributed by atoms with Crippen LogP contribution in [0.4, 0.5) is 0 Å². The maximum atomic E-state index is 4.28. The topological polar surface area (TPSA) is 42.2 Å². The Morgan fingerprint density at radius 3 is 2.79 bits per heavy atom. The molecule has 0 aromatic carbocycles. The quantitative estimate of drug-likeness (QED) is 0.793. The van der Waals surface area contributed by atoms with Crippen LogP contribution in [0.15, 0.2) is 41.9 Å². The summed E-state index contributed by atoms with van der Waals surface area (Å²) in [5.41, 5.74) is 0.884. The Labute approximate surface area is 116 Å². The highest BCUT2D eigenvalue weighted by molar-refractivity contribution is 7.10. The summed E-state index contributed by atoms with van der Waals surface area (Å²) in [6.45, 7) is 4.29. The second-order valence-corrected chi connectivity index (χ2v) is 5.59. The van der Waals surface area contributed by atoms with Crippen molar-refractivity contribution in [2.75, 3.05) is 0 Å². The molecule has 2 unspecified atom stereocenters. The lowest BCUT2D eigenvalue weighted by molar-refractivity contribution is 0.478. The molecule has 0 saturated carbocycles. The number of rotatable bonds is 4. The molecular weight excluding hydrogens is 256 g/mol. The molecule has 0 fully saturated rings. The van der Waals surface area contributed by atoms with Gasteiger partial charge in [0, 0.05) is 17.1 Å². The highest BCUT2D eigenvalue weighted by Crippen LogP contribution is 2.22. The van der Waals surface area contributed by atoms with Crippen LogP contribution in [-0.2, 0) is 0 Å². The fourth-order valence-electron chi connectivity index (χ4n) is 2.22. The molecule has 0 saturated heterocycles. The zero-order valence-corrected chi connectivity index (χ0v) is 11.8. The summed E-state index contributed by atoms with van der Waals surface area (Å²) in [6.07, 6.45) is 2.00. The molecule has 0 aliphatic carbocycles. The van der Waals surface area contributed by atoms with E-state index in [9.17, 15) is 0 Å². The van der Waals surface area contributed by atoms with Crippen LogP contribution in [0.2, 0.25) is 0 Å². The van der Waals surface area contributed by atoms with Gasteiger partial charge < -0.3 is 5.32 Å². The molecule has 0 bridgehead atoms. The Balaban J connectivity index is 1.82. The first-order valence-electron chi connectivity index (χ1n) is 6.35. The van der Waals surface area contributed by atoms with Gasteiger partial charge in [0.25, 0.3) is 0 Å². The first kappa shape index (κ1) is 12.3. The molecule has 0 amide bonds. The number of thiophene rings is 1. The van der Waals surface area contributed by atoms with Crippen molar-refractivity contribution in [1.29, 1.82) is 0 Å². The molecule has 3 heterocycles. The fraction of sp³-hybridized carbons (Fsp3) is 0.286. The Bertz CT molecular complexity index is 659. The number of fused-ring (bicyclic) bond motifs is 1. The minimum Gasteiger partial charge on any atom is -0.300 e. The van der Waals surface area contributed by atoms with Crippen molar-refractivity contribution in [1.82, 2.24) is 19.9 Å². The highest BCUT2D eigenvalue weighted by Gasteiger charge is 2.16. The van der Waals surface area contributed by atoms with Crippen LogP contribution in [-0.4, -0.2) is 14.6 Å². The van der Waals surface area contributed by atoms with Gasteiger partial charge in [-0.2, -0.15) is 0 Å². The van der Waals surface area contributed by atoms with E-state index >= 15 is 0 Å². The Morgan fingerprint density at radius 1 is 1.11 bits per heavy atom. The van der Waals surface area contributed by atoms with Crippen molar-refractivity contribution in [3.05, 3.63) is 52.6 Å². The van der Waals surface area contributed by atoms with Gasteiger partial charge in [0.05, 0.1) is 6.04 Å². The molecule has 0 aliphatic heterocycles. The smallest absolute Gasteiger partial charge is 0.160 e. The average molecular weight is 272 g/mol. The minimum absolute atomic E-state index is 0.148. The maximum absolute atomic E-state index is 4.28. The predicted octanol–water partition coefficient (Wildman–Crippen LogP) is 3.20. The average Bonchev–Trinajstić information content (AvgIpc) is 3.08. The Morgan fingerprint density at radius 2 is 2.00 bits per heavy atom. The molecule has 3 rings (SSSR count). The largest absolute Gasteiger partial charge is 0.300 e. The van der Waals surface area contributed by atoms with Crippen LogP contribution in [0.5, 0.6) is 0 Å². The fourth-order valence-corrected chi connectivity index (χ4v) is 2.97. The third kappa shape index (κ3) is 2.39. The van der Waals surface area contributed by atoms with Gasteiger partial charge in [-0.05, 0) is 37.4 Å². The SMILES string of the molecule is CC(NC(C)c1nnc2ccccn12)c1cccs1. The summed E-state index contributed by atoms with van der Waals surface area (Å²) < 4.78 is 2.03. The van der Waals surface area contributed by atoms with E-state index in [-0.39, 0.29) is 6.04 Å². The summed E-state index contributed by atoms with van der Waals surface area (Å²) in [5.74, 6) is 0.944. The second-order valence-electron chi connectivity index (χ2n) is 4.61. The second kappa shape index (κ2) is 5.11. The predicted molar refractivity (Wildman–Crippen MR) is 77.3 cm³/mol. The first-order chi connectivity index (χ1) is 9.25. The summed E-state index contributed by atoms with van der Waals surface area (Å²) in [4.78, 5) is 1.33. The molecule has 5 heteroatoms. The number of nitrogens with one attached hydrogen (secondary N) is 1. The van der Waals surface area contributed by atoms with Crippen LogP contribution in [0.3, 0.4) is 0 Å². The normalized spacial score (nSPS) is 14.6. The van der Waals surface area contributed by atoms with Crippen molar-refractivity contribution in [3.63, 3.8) is 0 Å². The third-order valence-electron chi connectivity index (χ3n) is 3.20. The number of pyridine rings is 1. The van der Waals surface area contributed by atoms with Crippen LogP contribution in [0, 0.1) is 0 Å². The third-order valence-corrected chi connectivity index (χ3v) is 4.25. The van der Waals surface area contributed by atoms with Crippen LogP contribution in [0.1, 0.15) is 36.6 Å². The zero-order chi connectivity index (χ0) is 13.2. The molecule has 98 valence electrons. The van der Waals surface area contributed by atoms with Gasteiger partial charge in [0.15, 0.2) is 11.5 Å². The zero-order valence-electron chi connectivity index (χ0n) is 10.9. The summed E-state index contributed by atoms with van der Waals surface area (Å²) >= 11 is 1.77. The van der Waals surface area contributed by atoms with E-state index in [4.69, 9.17) is 0 Å². The van der Waals surface area contributed by atoms with Gasteiger partial charge in [-0.15, -0.1) is 21.5 Å². The molecule has 19 heavy (non-hydrogen) atoms. The molecule has 4 nitrogen and oxygen atoms in total. The molecule has 3 aromatic heterocycles. The molecule has 1 N–H and O–H groups in total. The van der Waals surface area contributed by atoms with Gasteiger partial charge in [-0.1, -0.05) is 12.1 Å². The van der Waals surface area contributed by atoms with Gasteiger partial charge in [-0.3, -0.25) is 4.40 Å². The summed E-state index contributed by atoms with van der Waals surface area (Å²) in [5, 5.41) is 14.1. The van der Waals surface area contributed by atoms with Crippen molar-refractivity contribution < 1.29 is 0 Å². The van der Waals surface area contributed by atoms with E-state index in [2.05, 4.69) is 46.9 Å². The van der Waals surface area contributed by atoms with Crippen molar-refractivity contribution in [3.8, 4) is 0 Å². The molecule has 0 radical (unpaired) electrons. The Kier molecular flexibility index (Phi) is 3.31. The Hall–Kier alpha value is -1.72. The lowest BCUT2D eigenvalue weighted by Gasteiger charge is -2.17. The highest BCUT2D eigenvalue weighted by atomic mass is 32.1. The van der Waals surface area contributed by atoms with Gasteiger partial charge in [-0.25, -0.2) is 0 Å². The van der Waals surface area contributed by atoms with E-state index in [0.717, 1.165) is 11.5 Å². The van der Waals surface area contributed by atoms with Crippen LogP contribution >= 0.6 is 11.3 Å². The number of aromatic nitrogens is 3. The van der Waals surface area contributed by atoms with Crippen molar-refractivity contribution >= 4 is 17.0 Å². The van der Waals surface area contributed by atoms with Crippen LogP contribution in [0.25, 0.3) is 5.65 Å². The lowest BCUT2D eigenvalue weighted by Crippen LogP contribution is -2.23. The monoisotopic (exact) mass is 272 g/mol. The number of hydrogen-bond acceptors (Lipinski definition) is 4. The first-order valence-corrected chi connectivity index (χ1v) is 7.23. The molecule has 2 atom stereocenters. The number of nitrogens with zero attached hydrogens (tertiary/aromatic N) is 3. The van der Waals surface area contributed by atoms with Gasteiger partial charge >= 0.3 is 0 Å². The van der Waals surface area contributed by atoms with E-state index in [1.165, 1.54) is 4.88 Å². The molecule has 0 aliphatic rings. The molecular formula is C14H16N4S. The van der Waals surface area contributed by atoms with Gasteiger partial charge in [0.2, 0.25) is 0 Å². The van der Waals surface area contributed by atoms with Crippen molar-refractivity contribution in [2.24, 2.45) is 0 Å². The van der Waals surface area contributed by atoms with Gasteiger partial charge in [0.1, 0.15) is 0 Å². The lowest BCUT2D eigenvalue weighted by atomic mass is 10.2. The van der Waals surface area contributed by atoms with Crippen LogP contribution < -0.4 is 5.32 Å². The summed E-state index contributed by atoms with van der Waals surface area (Å²) in [7, 11) is 0. The number of hydrogen-bond donors (Lipinski definition) is 1. The minimum atomic E-state index is 0.148.